The monoisotopic (exact) mass is 214 g/mol. The third-order valence-electron chi connectivity index (χ3n) is 1.77. The van der Waals surface area contributed by atoms with Crippen molar-refractivity contribution >= 4 is 17.2 Å². The number of thiazole rings is 1. The van der Waals surface area contributed by atoms with Crippen LogP contribution >= 0.6 is 11.3 Å². The van der Waals surface area contributed by atoms with Gasteiger partial charge in [-0.1, -0.05) is 6.92 Å². The van der Waals surface area contributed by atoms with E-state index in [2.05, 4.69) is 10.3 Å². The van der Waals surface area contributed by atoms with Crippen LogP contribution in [0.4, 0.5) is 0 Å². The lowest BCUT2D eigenvalue weighted by molar-refractivity contribution is 0.0940. The van der Waals surface area contributed by atoms with Crippen LogP contribution in [0.1, 0.15) is 22.3 Å². The number of rotatable bonds is 5. The van der Waals surface area contributed by atoms with Gasteiger partial charge < -0.3 is 10.1 Å². The number of amides is 1. The highest BCUT2D eigenvalue weighted by atomic mass is 32.1. The number of hydrogen-bond donors (Lipinski definition) is 1. The average molecular weight is 214 g/mol. The fourth-order valence-corrected chi connectivity index (χ4v) is 1.85. The van der Waals surface area contributed by atoms with E-state index in [9.17, 15) is 4.79 Å². The molecule has 0 bridgehead atoms. The van der Waals surface area contributed by atoms with Gasteiger partial charge in [-0.25, -0.2) is 4.98 Å². The Kier molecular flexibility index (Phi) is 4.55. The van der Waals surface area contributed by atoms with Crippen LogP contribution in [-0.4, -0.2) is 31.2 Å². The molecule has 1 rings (SSSR count). The van der Waals surface area contributed by atoms with Crippen molar-refractivity contribution in [1.29, 1.82) is 0 Å². The van der Waals surface area contributed by atoms with Crippen molar-refractivity contribution in [3.63, 3.8) is 0 Å². The average Bonchev–Trinajstić information content (AvgIpc) is 2.65. The molecule has 4 nitrogen and oxygen atoms in total. The fourth-order valence-electron chi connectivity index (χ4n) is 1.05. The second kappa shape index (κ2) is 5.72. The molecule has 78 valence electrons. The normalized spacial score (nSPS) is 10.1. The first-order chi connectivity index (χ1) is 6.79. The van der Waals surface area contributed by atoms with Crippen LogP contribution in [0.2, 0.25) is 0 Å². The SMILES string of the molecule is CCc1ncsc1C(=O)NCCOC. The van der Waals surface area contributed by atoms with E-state index in [0.29, 0.717) is 18.0 Å². The maximum atomic E-state index is 11.6. The maximum Gasteiger partial charge on any atom is 0.263 e. The molecule has 1 amide bonds. The number of aryl methyl sites for hydroxylation is 1. The molecule has 0 radical (unpaired) electrons. The molecule has 0 aliphatic carbocycles. The van der Waals surface area contributed by atoms with Gasteiger partial charge in [0.2, 0.25) is 0 Å². The van der Waals surface area contributed by atoms with Gasteiger partial charge in [-0.15, -0.1) is 11.3 Å². The molecule has 0 aliphatic heterocycles. The van der Waals surface area contributed by atoms with Gasteiger partial charge in [0, 0.05) is 13.7 Å². The van der Waals surface area contributed by atoms with Crippen LogP contribution in [0.3, 0.4) is 0 Å². The van der Waals surface area contributed by atoms with E-state index in [4.69, 9.17) is 4.74 Å². The van der Waals surface area contributed by atoms with Gasteiger partial charge in [-0.2, -0.15) is 0 Å². The molecule has 1 N–H and O–H groups in total. The molecule has 5 heteroatoms. The molecule has 0 unspecified atom stereocenters. The molecular formula is C9H14N2O2S. The van der Waals surface area contributed by atoms with E-state index in [1.165, 1.54) is 11.3 Å². The molecule has 1 aromatic rings. The van der Waals surface area contributed by atoms with Crippen molar-refractivity contribution in [2.45, 2.75) is 13.3 Å². The highest BCUT2D eigenvalue weighted by molar-refractivity contribution is 7.11. The van der Waals surface area contributed by atoms with E-state index < -0.39 is 0 Å². The minimum absolute atomic E-state index is 0.0543. The zero-order valence-corrected chi connectivity index (χ0v) is 9.19. The molecule has 1 heterocycles. The first kappa shape index (κ1) is 11.1. The van der Waals surface area contributed by atoms with Gasteiger partial charge >= 0.3 is 0 Å². The van der Waals surface area contributed by atoms with Crippen molar-refractivity contribution in [3.05, 3.63) is 16.1 Å². The lowest BCUT2D eigenvalue weighted by Gasteiger charge is -2.02. The Bertz CT molecular complexity index is 299. The van der Waals surface area contributed by atoms with E-state index in [-0.39, 0.29) is 5.91 Å². The number of carbonyl (C=O) groups excluding carboxylic acids is 1. The number of nitrogens with one attached hydrogen (secondary N) is 1. The van der Waals surface area contributed by atoms with Crippen LogP contribution < -0.4 is 5.32 Å². The summed E-state index contributed by atoms with van der Waals surface area (Å²) in [7, 11) is 1.61. The Morgan fingerprint density at radius 3 is 3.14 bits per heavy atom. The summed E-state index contributed by atoms with van der Waals surface area (Å²) in [5.74, 6) is -0.0543. The molecule has 0 fully saturated rings. The van der Waals surface area contributed by atoms with Gasteiger partial charge in [-0.3, -0.25) is 4.79 Å². The Hall–Kier alpha value is -0.940. The summed E-state index contributed by atoms with van der Waals surface area (Å²) in [6.45, 7) is 3.06. The maximum absolute atomic E-state index is 11.6. The Labute approximate surface area is 87.3 Å². The van der Waals surface area contributed by atoms with Gasteiger partial charge in [0.15, 0.2) is 0 Å². The standard InChI is InChI=1S/C9H14N2O2S/c1-3-7-8(14-6-11-7)9(12)10-4-5-13-2/h6H,3-5H2,1-2H3,(H,10,12). The highest BCUT2D eigenvalue weighted by Gasteiger charge is 2.12. The third kappa shape index (κ3) is 2.78. The Morgan fingerprint density at radius 1 is 1.71 bits per heavy atom. The minimum Gasteiger partial charge on any atom is -0.383 e. The number of nitrogens with zero attached hydrogens (tertiary/aromatic N) is 1. The second-order valence-electron chi connectivity index (χ2n) is 2.73. The van der Waals surface area contributed by atoms with E-state index >= 15 is 0 Å². The molecule has 0 saturated heterocycles. The number of aromatic nitrogens is 1. The quantitative estimate of drug-likeness (QED) is 0.746. The summed E-state index contributed by atoms with van der Waals surface area (Å²) in [5, 5.41) is 2.77. The molecule has 0 spiro atoms. The van der Waals surface area contributed by atoms with Gasteiger partial charge in [0.25, 0.3) is 5.91 Å². The number of methoxy groups -OCH3 is 1. The molecular weight excluding hydrogens is 200 g/mol. The molecule has 0 aliphatic rings. The summed E-state index contributed by atoms with van der Waals surface area (Å²) < 4.78 is 4.84. The largest absolute Gasteiger partial charge is 0.383 e. The molecule has 0 aromatic carbocycles. The van der Waals surface area contributed by atoms with Gasteiger partial charge in [0.05, 0.1) is 17.8 Å². The zero-order chi connectivity index (χ0) is 10.4. The van der Waals surface area contributed by atoms with E-state index in [1.54, 1.807) is 12.6 Å². The van der Waals surface area contributed by atoms with Crippen LogP contribution in [-0.2, 0) is 11.2 Å². The van der Waals surface area contributed by atoms with Crippen molar-refractivity contribution in [2.75, 3.05) is 20.3 Å². The lowest BCUT2D eigenvalue weighted by atomic mass is 10.3. The van der Waals surface area contributed by atoms with Crippen LogP contribution in [0.15, 0.2) is 5.51 Å². The summed E-state index contributed by atoms with van der Waals surface area (Å²) in [5.41, 5.74) is 2.56. The first-order valence-electron chi connectivity index (χ1n) is 4.49. The van der Waals surface area contributed by atoms with Crippen LogP contribution in [0.5, 0.6) is 0 Å². The van der Waals surface area contributed by atoms with Gasteiger partial charge in [-0.05, 0) is 6.42 Å². The second-order valence-corrected chi connectivity index (χ2v) is 3.59. The smallest absolute Gasteiger partial charge is 0.263 e. The van der Waals surface area contributed by atoms with E-state index in [1.807, 2.05) is 6.92 Å². The van der Waals surface area contributed by atoms with Gasteiger partial charge in [0.1, 0.15) is 4.88 Å². The Morgan fingerprint density at radius 2 is 2.50 bits per heavy atom. The summed E-state index contributed by atoms with van der Waals surface area (Å²) in [6.07, 6.45) is 0.788. The van der Waals surface area contributed by atoms with Crippen LogP contribution in [0.25, 0.3) is 0 Å². The predicted molar refractivity (Wildman–Crippen MR) is 55.7 cm³/mol. The molecule has 1 aromatic heterocycles. The van der Waals surface area contributed by atoms with Crippen LogP contribution in [0, 0.1) is 0 Å². The van der Waals surface area contributed by atoms with Crippen molar-refractivity contribution in [3.8, 4) is 0 Å². The summed E-state index contributed by atoms with van der Waals surface area (Å²) >= 11 is 1.38. The van der Waals surface area contributed by atoms with Crippen molar-refractivity contribution in [2.24, 2.45) is 0 Å². The van der Waals surface area contributed by atoms with Crippen molar-refractivity contribution < 1.29 is 9.53 Å². The zero-order valence-electron chi connectivity index (χ0n) is 8.37. The topological polar surface area (TPSA) is 51.2 Å². The number of ether oxygens (including phenoxy) is 1. The molecule has 14 heavy (non-hydrogen) atoms. The molecule has 0 atom stereocenters. The Balaban J connectivity index is 2.51. The molecule has 0 saturated carbocycles. The summed E-state index contributed by atoms with van der Waals surface area (Å²) in [4.78, 5) is 16.4. The first-order valence-corrected chi connectivity index (χ1v) is 5.37. The van der Waals surface area contributed by atoms with E-state index in [0.717, 1.165) is 12.1 Å². The predicted octanol–water partition coefficient (Wildman–Crippen LogP) is 1.08. The summed E-state index contributed by atoms with van der Waals surface area (Å²) in [6, 6.07) is 0. The lowest BCUT2D eigenvalue weighted by Crippen LogP contribution is -2.26. The van der Waals surface area contributed by atoms with Crippen molar-refractivity contribution in [1.82, 2.24) is 10.3 Å². The third-order valence-corrected chi connectivity index (χ3v) is 2.64. The minimum atomic E-state index is -0.0543. The number of hydrogen-bond acceptors (Lipinski definition) is 4. The highest BCUT2D eigenvalue weighted by Crippen LogP contribution is 2.13. The fraction of sp³-hybridized carbons (Fsp3) is 0.556. The number of carbonyl (C=O) groups is 1.